The predicted octanol–water partition coefficient (Wildman–Crippen LogP) is 1.29. The quantitative estimate of drug-likeness (QED) is 0.808. The number of halogens is 2. The molecule has 0 aliphatic carbocycles. The van der Waals surface area contributed by atoms with Gasteiger partial charge in [0.1, 0.15) is 0 Å². The first-order chi connectivity index (χ1) is 11.5. The molecule has 0 bridgehead atoms. The zero-order valence-corrected chi connectivity index (χ0v) is 15.0. The maximum absolute atomic E-state index is 12.5. The molecule has 1 N–H and O–H groups in total. The van der Waals surface area contributed by atoms with Gasteiger partial charge in [0.15, 0.2) is 0 Å². The van der Waals surface area contributed by atoms with Gasteiger partial charge < -0.3 is 5.32 Å². The van der Waals surface area contributed by atoms with Crippen molar-refractivity contribution in [3.63, 3.8) is 0 Å². The summed E-state index contributed by atoms with van der Waals surface area (Å²) >= 11 is 0. The van der Waals surface area contributed by atoms with E-state index >= 15 is 0 Å². The smallest absolute Gasteiger partial charge is 0.326 e. The van der Waals surface area contributed by atoms with Crippen LogP contribution in [0.5, 0.6) is 0 Å². The maximum Gasteiger partial charge on any atom is 0.341 e. The number of anilines is 1. The summed E-state index contributed by atoms with van der Waals surface area (Å²) in [4.78, 5) is 11.7. The van der Waals surface area contributed by atoms with Crippen molar-refractivity contribution in [3.05, 3.63) is 24.3 Å². The minimum absolute atomic E-state index is 0.252. The summed E-state index contributed by atoms with van der Waals surface area (Å²) in [6, 6.07) is 4.48. The van der Waals surface area contributed by atoms with E-state index in [0.717, 1.165) is 18.4 Å². The van der Waals surface area contributed by atoms with E-state index in [1.165, 1.54) is 16.4 Å². The van der Waals surface area contributed by atoms with Gasteiger partial charge in [-0.15, -0.1) is 0 Å². The van der Waals surface area contributed by atoms with E-state index in [1.807, 2.05) is 0 Å². The number of carbonyl (C=O) groups is 1. The van der Waals surface area contributed by atoms with Crippen molar-refractivity contribution in [2.24, 2.45) is 5.92 Å². The van der Waals surface area contributed by atoms with Crippen LogP contribution in [0, 0.1) is 5.92 Å². The molecule has 1 fully saturated rings. The largest absolute Gasteiger partial charge is 0.341 e. The van der Waals surface area contributed by atoms with Crippen LogP contribution in [0.1, 0.15) is 12.8 Å². The van der Waals surface area contributed by atoms with Gasteiger partial charge in [-0.1, -0.05) is 0 Å². The van der Waals surface area contributed by atoms with Gasteiger partial charge in [-0.25, -0.2) is 21.1 Å². The first-order valence-corrected chi connectivity index (χ1v) is 10.8. The zero-order chi connectivity index (χ0) is 18.8. The highest BCUT2D eigenvalue weighted by Crippen LogP contribution is 2.23. The molecule has 0 atom stereocenters. The van der Waals surface area contributed by atoms with Crippen molar-refractivity contribution >= 4 is 31.5 Å². The van der Waals surface area contributed by atoms with Gasteiger partial charge in [0, 0.05) is 24.7 Å². The molecule has 0 aromatic heterocycles. The fraction of sp³-hybridized carbons (Fsp3) is 0.500. The van der Waals surface area contributed by atoms with Crippen LogP contribution >= 0.6 is 0 Å². The van der Waals surface area contributed by atoms with Crippen molar-refractivity contribution in [3.8, 4) is 0 Å². The van der Waals surface area contributed by atoms with Crippen LogP contribution in [-0.2, 0) is 24.7 Å². The van der Waals surface area contributed by atoms with Gasteiger partial charge >= 0.3 is 5.76 Å². The fourth-order valence-electron chi connectivity index (χ4n) is 2.52. The molecule has 0 spiro atoms. The van der Waals surface area contributed by atoms with Crippen LogP contribution in [0.4, 0.5) is 14.5 Å². The highest BCUT2D eigenvalue weighted by Gasteiger charge is 2.29. The molecule has 7 nitrogen and oxygen atoms in total. The Morgan fingerprint density at radius 3 is 2.08 bits per heavy atom. The Hall–Kier alpha value is -1.59. The van der Waals surface area contributed by atoms with Gasteiger partial charge in [0.05, 0.1) is 11.2 Å². The van der Waals surface area contributed by atoms with E-state index in [-0.39, 0.29) is 30.6 Å². The van der Waals surface area contributed by atoms with Gasteiger partial charge in [-0.3, -0.25) is 4.79 Å². The number of hydrogen-bond acceptors (Lipinski definition) is 5. The average molecular weight is 396 g/mol. The second kappa shape index (κ2) is 7.34. The van der Waals surface area contributed by atoms with Crippen LogP contribution in [-0.4, -0.2) is 52.2 Å². The molecule has 1 aromatic carbocycles. The molecule has 140 valence electrons. The summed E-state index contributed by atoms with van der Waals surface area (Å²) in [5.41, 5.74) is 0.281. The van der Waals surface area contributed by atoms with Crippen molar-refractivity contribution in [1.29, 1.82) is 0 Å². The van der Waals surface area contributed by atoms with Crippen LogP contribution < -0.4 is 5.32 Å². The Balaban J connectivity index is 1.98. The molecule has 1 aromatic rings. The Morgan fingerprint density at radius 1 is 1.12 bits per heavy atom. The zero-order valence-electron chi connectivity index (χ0n) is 13.4. The summed E-state index contributed by atoms with van der Waals surface area (Å²) in [5, 5.41) is 2.58. The number of sulfonamides is 1. The second-order valence-electron chi connectivity index (χ2n) is 5.76. The normalized spacial score (nSPS) is 17.6. The lowest BCUT2D eigenvalue weighted by Crippen LogP contribution is -2.40. The molecule has 2 rings (SSSR count). The number of sulfone groups is 1. The summed E-state index contributed by atoms with van der Waals surface area (Å²) < 4.78 is 71.8. The Morgan fingerprint density at radius 2 is 1.64 bits per heavy atom. The van der Waals surface area contributed by atoms with Crippen LogP contribution in [0.15, 0.2) is 29.2 Å². The lowest BCUT2D eigenvalue weighted by Gasteiger charge is -2.29. The lowest BCUT2D eigenvalue weighted by atomic mass is 9.97. The van der Waals surface area contributed by atoms with E-state index in [0.29, 0.717) is 12.8 Å². The monoisotopic (exact) mass is 396 g/mol. The Bertz CT molecular complexity index is 830. The number of nitrogens with one attached hydrogen (secondary N) is 1. The number of benzene rings is 1. The third-order valence-corrected chi connectivity index (χ3v) is 6.68. The van der Waals surface area contributed by atoms with Crippen LogP contribution in [0.2, 0.25) is 0 Å². The standard InChI is InChI=1S/C14H18F2N2O5S2/c1-24(20,21)18-8-6-10(7-9-18)13(19)17-11-2-4-12(5-3-11)25(22,23)14(15)16/h2-5,10,14H,6-9H2,1H3,(H,17,19). The predicted molar refractivity (Wildman–Crippen MR) is 87.4 cm³/mol. The topological polar surface area (TPSA) is 101 Å². The molecule has 1 aliphatic rings. The number of rotatable bonds is 5. The molecular weight excluding hydrogens is 378 g/mol. The summed E-state index contributed by atoms with van der Waals surface area (Å²) in [7, 11) is -7.95. The number of alkyl halides is 2. The summed E-state index contributed by atoms with van der Waals surface area (Å²) in [6.45, 7) is 0.505. The molecule has 1 saturated heterocycles. The minimum Gasteiger partial charge on any atom is -0.326 e. The van der Waals surface area contributed by atoms with Crippen molar-refractivity contribution in [1.82, 2.24) is 4.31 Å². The van der Waals surface area contributed by atoms with Crippen LogP contribution in [0.3, 0.4) is 0 Å². The average Bonchev–Trinajstić information content (AvgIpc) is 2.54. The third kappa shape index (κ3) is 4.73. The fourth-order valence-corrected chi connectivity index (χ4v) is 4.12. The lowest BCUT2D eigenvalue weighted by molar-refractivity contribution is -0.120. The van der Waals surface area contributed by atoms with Crippen molar-refractivity contribution in [2.45, 2.75) is 23.5 Å². The molecule has 0 unspecified atom stereocenters. The molecule has 1 amide bonds. The molecule has 1 aliphatic heterocycles. The number of amides is 1. The highest BCUT2D eigenvalue weighted by atomic mass is 32.2. The first kappa shape index (κ1) is 19.7. The molecule has 11 heteroatoms. The maximum atomic E-state index is 12.5. The van der Waals surface area contributed by atoms with Gasteiger partial charge in [-0.2, -0.15) is 8.78 Å². The Labute approximate surface area is 145 Å². The van der Waals surface area contributed by atoms with Gasteiger partial charge in [0.2, 0.25) is 25.8 Å². The first-order valence-electron chi connectivity index (χ1n) is 7.40. The third-order valence-electron chi connectivity index (χ3n) is 3.98. The van der Waals surface area contributed by atoms with E-state index in [4.69, 9.17) is 0 Å². The SMILES string of the molecule is CS(=O)(=O)N1CCC(C(=O)Nc2ccc(S(=O)(=O)C(F)F)cc2)CC1. The van der Waals surface area contributed by atoms with Gasteiger partial charge in [0.25, 0.3) is 0 Å². The minimum atomic E-state index is -4.67. The number of hydrogen-bond donors (Lipinski definition) is 1. The Kier molecular flexibility index (Phi) is 5.79. The van der Waals surface area contributed by atoms with Crippen molar-refractivity contribution in [2.75, 3.05) is 24.7 Å². The van der Waals surface area contributed by atoms with E-state index in [9.17, 15) is 30.4 Å². The van der Waals surface area contributed by atoms with Gasteiger partial charge in [-0.05, 0) is 37.1 Å². The molecular formula is C14H18F2N2O5S2. The van der Waals surface area contributed by atoms with E-state index in [1.54, 1.807) is 0 Å². The summed E-state index contributed by atoms with van der Waals surface area (Å²) in [5.74, 6) is -4.20. The molecule has 1 heterocycles. The molecule has 0 saturated carbocycles. The molecule has 0 radical (unpaired) electrons. The van der Waals surface area contributed by atoms with E-state index in [2.05, 4.69) is 5.32 Å². The highest BCUT2D eigenvalue weighted by molar-refractivity contribution is 7.91. The molecule has 25 heavy (non-hydrogen) atoms. The van der Waals surface area contributed by atoms with Crippen LogP contribution in [0.25, 0.3) is 0 Å². The van der Waals surface area contributed by atoms with Crippen molar-refractivity contribution < 1.29 is 30.4 Å². The number of nitrogens with zero attached hydrogens (tertiary/aromatic N) is 1. The van der Waals surface area contributed by atoms with E-state index < -0.39 is 30.5 Å². The number of carbonyl (C=O) groups excluding carboxylic acids is 1. The number of piperidine rings is 1. The second-order valence-corrected chi connectivity index (χ2v) is 9.66. The summed E-state index contributed by atoms with van der Waals surface area (Å²) in [6.07, 6.45) is 1.86.